The normalized spacial score (nSPS) is 16.2. The molecule has 1 rings (SSSR count). The van der Waals surface area contributed by atoms with Crippen molar-refractivity contribution in [2.75, 3.05) is 40.4 Å². The molecule has 2 amide bonds. The largest absolute Gasteiger partial charge is 0.378 e. The van der Waals surface area contributed by atoms with E-state index in [0.29, 0.717) is 25.3 Å². The van der Waals surface area contributed by atoms with Crippen LogP contribution in [0.1, 0.15) is 6.92 Å². The maximum absolute atomic E-state index is 11.5. The fourth-order valence-electron chi connectivity index (χ4n) is 1.35. The van der Waals surface area contributed by atoms with Crippen molar-refractivity contribution < 1.29 is 14.3 Å². The molecule has 0 N–H and O–H groups in total. The first-order valence-electron chi connectivity index (χ1n) is 5.29. The zero-order valence-electron chi connectivity index (χ0n) is 10.0. The van der Waals surface area contributed by atoms with E-state index in [1.165, 1.54) is 11.0 Å². The van der Waals surface area contributed by atoms with Crippen LogP contribution in [0.5, 0.6) is 0 Å². The van der Waals surface area contributed by atoms with Crippen molar-refractivity contribution in [2.45, 2.75) is 6.92 Å². The number of likely N-dealkylation sites (N-methyl/N-ethyl adjacent to an activating group) is 1. The molecule has 0 atom stereocenters. The molecule has 0 saturated heterocycles. The third kappa shape index (κ3) is 3.43. The highest BCUT2D eigenvalue weighted by molar-refractivity contribution is 6.15. The Bertz CT molecular complexity index is 310. The van der Waals surface area contributed by atoms with Gasteiger partial charge in [-0.25, -0.2) is 0 Å². The number of imide groups is 1. The van der Waals surface area contributed by atoms with Gasteiger partial charge in [-0.2, -0.15) is 0 Å². The lowest BCUT2D eigenvalue weighted by molar-refractivity contribution is -0.138. The molecule has 1 aliphatic rings. The molecule has 0 fully saturated rings. The van der Waals surface area contributed by atoms with Crippen molar-refractivity contribution in [3.8, 4) is 0 Å². The molecule has 0 aromatic rings. The van der Waals surface area contributed by atoms with Gasteiger partial charge < -0.3 is 9.64 Å². The maximum Gasteiger partial charge on any atom is 0.256 e. The first kappa shape index (κ1) is 12.9. The van der Waals surface area contributed by atoms with Crippen molar-refractivity contribution in [1.29, 1.82) is 0 Å². The molecular weight excluding hydrogens is 208 g/mol. The second-order valence-electron chi connectivity index (χ2n) is 4.04. The SMILES string of the molecule is CC1=CC(=O)N(CCOCCN(C)C)C1=O. The highest BCUT2D eigenvalue weighted by atomic mass is 16.5. The van der Waals surface area contributed by atoms with E-state index in [1.807, 2.05) is 19.0 Å². The number of nitrogens with zero attached hydrogens (tertiary/aromatic N) is 2. The molecule has 5 nitrogen and oxygen atoms in total. The van der Waals surface area contributed by atoms with E-state index in [4.69, 9.17) is 4.74 Å². The summed E-state index contributed by atoms with van der Waals surface area (Å²) in [4.78, 5) is 26.0. The smallest absolute Gasteiger partial charge is 0.256 e. The number of hydrogen-bond donors (Lipinski definition) is 0. The average Bonchev–Trinajstić information content (AvgIpc) is 2.43. The lowest BCUT2D eigenvalue weighted by Gasteiger charge is -2.15. The first-order valence-corrected chi connectivity index (χ1v) is 5.29. The van der Waals surface area contributed by atoms with Gasteiger partial charge >= 0.3 is 0 Å². The third-order valence-electron chi connectivity index (χ3n) is 2.33. The van der Waals surface area contributed by atoms with E-state index in [9.17, 15) is 9.59 Å². The van der Waals surface area contributed by atoms with Crippen LogP contribution in [0.4, 0.5) is 0 Å². The topological polar surface area (TPSA) is 49.9 Å². The Morgan fingerprint density at radius 2 is 2.00 bits per heavy atom. The Morgan fingerprint density at radius 3 is 2.50 bits per heavy atom. The van der Waals surface area contributed by atoms with Crippen LogP contribution in [0, 0.1) is 0 Å². The predicted molar refractivity (Wildman–Crippen MR) is 59.9 cm³/mol. The van der Waals surface area contributed by atoms with Gasteiger partial charge in [-0.3, -0.25) is 14.5 Å². The summed E-state index contributed by atoms with van der Waals surface area (Å²) in [6, 6.07) is 0. The summed E-state index contributed by atoms with van der Waals surface area (Å²) in [6.07, 6.45) is 1.36. The Kier molecular flexibility index (Phi) is 4.64. The summed E-state index contributed by atoms with van der Waals surface area (Å²) in [5.41, 5.74) is 0.498. The van der Waals surface area contributed by atoms with E-state index in [2.05, 4.69) is 0 Å². The summed E-state index contributed by atoms with van der Waals surface area (Å²) >= 11 is 0. The van der Waals surface area contributed by atoms with E-state index < -0.39 is 0 Å². The molecule has 1 aliphatic heterocycles. The van der Waals surface area contributed by atoms with Crippen LogP contribution in [0.3, 0.4) is 0 Å². The summed E-state index contributed by atoms with van der Waals surface area (Å²) in [7, 11) is 3.92. The van der Waals surface area contributed by atoms with Crippen molar-refractivity contribution in [3.05, 3.63) is 11.6 Å². The molecule has 0 saturated carbocycles. The van der Waals surface area contributed by atoms with Gasteiger partial charge in [0.05, 0.1) is 19.8 Å². The molecule has 0 spiro atoms. The third-order valence-corrected chi connectivity index (χ3v) is 2.33. The van der Waals surface area contributed by atoms with E-state index in [0.717, 1.165) is 6.54 Å². The molecule has 1 heterocycles. The molecular formula is C11H18N2O3. The van der Waals surface area contributed by atoms with E-state index >= 15 is 0 Å². The molecule has 0 aliphatic carbocycles. The predicted octanol–water partition coefficient (Wildman–Crippen LogP) is -0.120. The number of rotatable bonds is 6. The minimum absolute atomic E-state index is 0.207. The van der Waals surface area contributed by atoms with Crippen LogP contribution in [-0.2, 0) is 14.3 Å². The van der Waals surface area contributed by atoms with Gasteiger partial charge in [-0.1, -0.05) is 0 Å². The van der Waals surface area contributed by atoms with Crippen LogP contribution >= 0.6 is 0 Å². The van der Waals surface area contributed by atoms with Gasteiger partial charge in [0.2, 0.25) is 0 Å². The number of amides is 2. The summed E-state index contributed by atoms with van der Waals surface area (Å²) in [5.74, 6) is -0.445. The second kappa shape index (κ2) is 5.77. The fraction of sp³-hybridized carbons (Fsp3) is 0.636. The number of carbonyl (C=O) groups is 2. The first-order chi connectivity index (χ1) is 7.52. The van der Waals surface area contributed by atoms with Crippen LogP contribution in [-0.4, -0.2) is 62.0 Å². The number of ether oxygens (including phenoxy) is 1. The summed E-state index contributed by atoms with van der Waals surface area (Å²) < 4.78 is 5.33. The van der Waals surface area contributed by atoms with Gasteiger partial charge in [-0.05, 0) is 21.0 Å². The molecule has 5 heteroatoms. The molecule has 16 heavy (non-hydrogen) atoms. The lowest BCUT2D eigenvalue weighted by atomic mass is 10.3. The summed E-state index contributed by atoms with van der Waals surface area (Å²) in [6.45, 7) is 3.81. The van der Waals surface area contributed by atoms with Gasteiger partial charge in [0, 0.05) is 18.2 Å². The van der Waals surface area contributed by atoms with Gasteiger partial charge in [0.1, 0.15) is 0 Å². The van der Waals surface area contributed by atoms with Crippen molar-refractivity contribution in [3.63, 3.8) is 0 Å². The standard InChI is InChI=1S/C11H18N2O3/c1-9-8-10(14)13(11(9)15)5-7-16-6-4-12(2)3/h8H,4-7H2,1-3H3. The zero-order valence-corrected chi connectivity index (χ0v) is 10.0. The van der Waals surface area contributed by atoms with Crippen molar-refractivity contribution in [1.82, 2.24) is 9.80 Å². The van der Waals surface area contributed by atoms with Crippen LogP contribution in [0.25, 0.3) is 0 Å². The Hall–Kier alpha value is -1.20. The van der Waals surface area contributed by atoms with Gasteiger partial charge in [0.25, 0.3) is 11.8 Å². The second-order valence-corrected chi connectivity index (χ2v) is 4.04. The minimum Gasteiger partial charge on any atom is -0.378 e. The molecule has 0 aromatic carbocycles. The Morgan fingerprint density at radius 1 is 1.31 bits per heavy atom. The Balaban J connectivity index is 2.20. The molecule has 0 aromatic heterocycles. The lowest BCUT2D eigenvalue weighted by Crippen LogP contribution is -2.34. The molecule has 0 radical (unpaired) electrons. The average molecular weight is 226 g/mol. The highest BCUT2D eigenvalue weighted by Crippen LogP contribution is 2.10. The van der Waals surface area contributed by atoms with E-state index in [1.54, 1.807) is 6.92 Å². The number of hydrogen-bond acceptors (Lipinski definition) is 4. The van der Waals surface area contributed by atoms with Crippen LogP contribution in [0.2, 0.25) is 0 Å². The minimum atomic E-state index is -0.237. The maximum atomic E-state index is 11.5. The van der Waals surface area contributed by atoms with Crippen LogP contribution < -0.4 is 0 Å². The van der Waals surface area contributed by atoms with Gasteiger partial charge in [0.15, 0.2) is 0 Å². The summed E-state index contributed by atoms with van der Waals surface area (Å²) in [5, 5.41) is 0. The molecule has 90 valence electrons. The number of carbonyl (C=O) groups excluding carboxylic acids is 2. The fourth-order valence-corrected chi connectivity index (χ4v) is 1.35. The van der Waals surface area contributed by atoms with Crippen molar-refractivity contribution >= 4 is 11.8 Å². The van der Waals surface area contributed by atoms with Crippen LogP contribution in [0.15, 0.2) is 11.6 Å². The molecule has 0 bridgehead atoms. The van der Waals surface area contributed by atoms with Gasteiger partial charge in [-0.15, -0.1) is 0 Å². The van der Waals surface area contributed by atoms with Crippen molar-refractivity contribution in [2.24, 2.45) is 0 Å². The quantitative estimate of drug-likeness (QED) is 0.468. The zero-order chi connectivity index (χ0) is 12.1. The monoisotopic (exact) mass is 226 g/mol. The Labute approximate surface area is 95.6 Å². The van der Waals surface area contributed by atoms with E-state index in [-0.39, 0.29) is 11.8 Å². The molecule has 0 unspecified atom stereocenters. The highest BCUT2D eigenvalue weighted by Gasteiger charge is 2.27.